The molecule has 0 bridgehead atoms. The van der Waals surface area contributed by atoms with Crippen molar-refractivity contribution in [2.24, 2.45) is 5.41 Å². The van der Waals surface area contributed by atoms with Gasteiger partial charge in [-0.1, -0.05) is 19.8 Å². The van der Waals surface area contributed by atoms with Crippen LogP contribution in [0.25, 0.3) is 0 Å². The monoisotopic (exact) mass is 246 g/mol. The summed E-state index contributed by atoms with van der Waals surface area (Å²) in [5.41, 5.74) is -0.819. The maximum Gasteiger partial charge on any atom is 0.241 e. The number of aromatic nitrogens is 2. The second-order valence-electron chi connectivity index (χ2n) is 4.81. The standard InChI is InChI=1S/C13H18N4O/c1-2-10(11-15-7-8-16-11)17-12(18)13(9-14)5-3-4-6-13/h7-8,10H,2-6H2,1H3,(H,15,16)(H,17,18). The molecule has 1 aliphatic carbocycles. The molecule has 2 N–H and O–H groups in total. The number of H-pyrrole nitrogens is 1. The van der Waals surface area contributed by atoms with Crippen molar-refractivity contribution in [2.45, 2.75) is 45.1 Å². The molecule has 1 aromatic rings. The van der Waals surface area contributed by atoms with E-state index in [9.17, 15) is 10.1 Å². The maximum atomic E-state index is 12.3. The minimum absolute atomic E-state index is 0.140. The Hall–Kier alpha value is -1.83. The number of nitrogens with zero attached hydrogens (tertiary/aromatic N) is 2. The highest BCUT2D eigenvalue weighted by molar-refractivity contribution is 5.86. The fraction of sp³-hybridized carbons (Fsp3) is 0.615. The number of hydrogen-bond donors (Lipinski definition) is 2. The van der Waals surface area contributed by atoms with E-state index in [-0.39, 0.29) is 11.9 Å². The summed E-state index contributed by atoms with van der Waals surface area (Å²) >= 11 is 0. The predicted molar refractivity (Wildman–Crippen MR) is 66.3 cm³/mol. The van der Waals surface area contributed by atoms with Gasteiger partial charge in [0.1, 0.15) is 11.2 Å². The molecule has 0 spiro atoms. The van der Waals surface area contributed by atoms with Crippen molar-refractivity contribution in [3.8, 4) is 6.07 Å². The number of hydrogen-bond acceptors (Lipinski definition) is 3. The smallest absolute Gasteiger partial charge is 0.241 e. The minimum atomic E-state index is -0.819. The lowest BCUT2D eigenvalue weighted by atomic mass is 9.86. The van der Waals surface area contributed by atoms with E-state index >= 15 is 0 Å². The first-order valence-corrected chi connectivity index (χ1v) is 6.43. The highest BCUT2D eigenvalue weighted by Gasteiger charge is 2.42. The topological polar surface area (TPSA) is 81.6 Å². The van der Waals surface area contributed by atoms with Crippen molar-refractivity contribution < 1.29 is 4.79 Å². The summed E-state index contributed by atoms with van der Waals surface area (Å²) in [6.07, 6.45) is 7.41. The van der Waals surface area contributed by atoms with Gasteiger partial charge in [0.25, 0.3) is 0 Å². The van der Waals surface area contributed by atoms with Crippen molar-refractivity contribution >= 4 is 5.91 Å². The van der Waals surface area contributed by atoms with Gasteiger partial charge in [-0.05, 0) is 19.3 Å². The van der Waals surface area contributed by atoms with E-state index in [0.717, 1.165) is 25.1 Å². The molecule has 1 aliphatic rings. The van der Waals surface area contributed by atoms with Crippen LogP contribution in [0.5, 0.6) is 0 Å². The molecule has 1 aromatic heterocycles. The van der Waals surface area contributed by atoms with E-state index in [1.807, 2.05) is 6.92 Å². The van der Waals surface area contributed by atoms with Gasteiger partial charge in [-0.15, -0.1) is 0 Å². The summed E-state index contributed by atoms with van der Waals surface area (Å²) in [6.45, 7) is 1.99. The number of amides is 1. The number of nitriles is 1. The summed E-state index contributed by atoms with van der Waals surface area (Å²) in [5, 5.41) is 12.2. The van der Waals surface area contributed by atoms with E-state index in [1.165, 1.54) is 0 Å². The normalized spacial score (nSPS) is 19.1. The summed E-state index contributed by atoms with van der Waals surface area (Å²) in [4.78, 5) is 19.5. The molecule has 1 saturated carbocycles. The second kappa shape index (κ2) is 5.21. The summed E-state index contributed by atoms with van der Waals surface area (Å²) < 4.78 is 0. The minimum Gasteiger partial charge on any atom is -0.347 e. The Morgan fingerprint density at radius 2 is 2.39 bits per heavy atom. The van der Waals surface area contributed by atoms with Gasteiger partial charge in [-0.25, -0.2) is 4.98 Å². The van der Waals surface area contributed by atoms with Crippen molar-refractivity contribution in [1.29, 1.82) is 5.26 Å². The molecule has 2 rings (SSSR count). The molecule has 96 valence electrons. The van der Waals surface area contributed by atoms with Crippen LogP contribution in [0.1, 0.15) is 50.9 Å². The van der Waals surface area contributed by atoms with Gasteiger partial charge >= 0.3 is 0 Å². The fourth-order valence-electron chi connectivity index (χ4n) is 2.50. The number of aromatic amines is 1. The van der Waals surface area contributed by atoms with Crippen molar-refractivity contribution in [3.63, 3.8) is 0 Å². The molecule has 18 heavy (non-hydrogen) atoms. The molecule has 5 nitrogen and oxygen atoms in total. The summed E-state index contributed by atoms with van der Waals surface area (Å²) in [6, 6.07) is 2.07. The maximum absolute atomic E-state index is 12.3. The van der Waals surface area contributed by atoms with Crippen LogP contribution in [-0.2, 0) is 4.79 Å². The lowest BCUT2D eigenvalue weighted by Crippen LogP contribution is -2.40. The first-order valence-electron chi connectivity index (χ1n) is 6.43. The zero-order chi connectivity index (χ0) is 13.0. The van der Waals surface area contributed by atoms with Crippen LogP contribution in [0.15, 0.2) is 12.4 Å². The average Bonchev–Trinajstić information content (AvgIpc) is 3.06. The highest BCUT2D eigenvalue weighted by Crippen LogP contribution is 2.38. The molecule has 1 amide bonds. The number of carbonyl (C=O) groups excluding carboxylic acids is 1. The lowest BCUT2D eigenvalue weighted by molar-refractivity contribution is -0.128. The molecular formula is C13H18N4O. The third kappa shape index (κ3) is 2.23. The van der Waals surface area contributed by atoms with E-state index < -0.39 is 5.41 Å². The molecular weight excluding hydrogens is 228 g/mol. The molecule has 5 heteroatoms. The fourth-order valence-corrected chi connectivity index (χ4v) is 2.50. The van der Waals surface area contributed by atoms with Crippen LogP contribution in [0, 0.1) is 16.7 Å². The lowest BCUT2D eigenvalue weighted by Gasteiger charge is -2.23. The SMILES string of the molecule is CCC(NC(=O)C1(C#N)CCCC1)c1ncc[nH]1. The Bertz CT molecular complexity index is 440. The second-order valence-corrected chi connectivity index (χ2v) is 4.81. The van der Waals surface area contributed by atoms with Gasteiger partial charge in [0.05, 0.1) is 12.1 Å². The van der Waals surface area contributed by atoms with Gasteiger partial charge in [0, 0.05) is 12.4 Å². The summed E-state index contributed by atoms with van der Waals surface area (Å²) in [5.74, 6) is 0.600. The summed E-state index contributed by atoms with van der Waals surface area (Å²) in [7, 11) is 0. The van der Waals surface area contributed by atoms with Crippen molar-refractivity contribution in [2.75, 3.05) is 0 Å². The van der Waals surface area contributed by atoms with Gasteiger partial charge < -0.3 is 10.3 Å². The third-order valence-corrected chi connectivity index (χ3v) is 3.67. The van der Waals surface area contributed by atoms with Crippen LogP contribution >= 0.6 is 0 Å². The molecule has 0 aliphatic heterocycles. The molecule has 1 fully saturated rings. The van der Waals surface area contributed by atoms with E-state index in [2.05, 4.69) is 21.4 Å². The van der Waals surface area contributed by atoms with Gasteiger partial charge in [-0.3, -0.25) is 4.79 Å². The zero-order valence-corrected chi connectivity index (χ0v) is 10.6. The molecule has 1 heterocycles. The molecule has 1 atom stereocenters. The Morgan fingerprint density at radius 1 is 1.67 bits per heavy atom. The Kier molecular flexibility index (Phi) is 3.66. The molecule has 0 aromatic carbocycles. The number of rotatable bonds is 4. The average molecular weight is 246 g/mol. The van der Waals surface area contributed by atoms with Crippen LogP contribution in [0.3, 0.4) is 0 Å². The number of carbonyl (C=O) groups is 1. The molecule has 0 saturated heterocycles. The van der Waals surface area contributed by atoms with Gasteiger partial charge in [-0.2, -0.15) is 5.26 Å². The van der Waals surface area contributed by atoms with Gasteiger partial charge in [0.2, 0.25) is 5.91 Å². The Morgan fingerprint density at radius 3 is 2.89 bits per heavy atom. The van der Waals surface area contributed by atoms with Crippen molar-refractivity contribution in [3.05, 3.63) is 18.2 Å². The third-order valence-electron chi connectivity index (χ3n) is 3.67. The first-order chi connectivity index (χ1) is 8.72. The Balaban J connectivity index is 2.08. The van der Waals surface area contributed by atoms with E-state index in [1.54, 1.807) is 12.4 Å². The quantitative estimate of drug-likeness (QED) is 0.853. The molecule has 1 unspecified atom stereocenters. The van der Waals surface area contributed by atoms with E-state index in [4.69, 9.17) is 0 Å². The molecule has 0 radical (unpaired) electrons. The highest BCUT2D eigenvalue weighted by atomic mass is 16.2. The van der Waals surface area contributed by atoms with Crippen LogP contribution < -0.4 is 5.32 Å². The number of imidazole rings is 1. The van der Waals surface area contributed by atoms with Crippen LogP contribution in [0.2, 0.25) is 0 Å². The van der Waals surface area contributed by atoms with Crippen LogP contribution in [0.4, 0.5) is 0 Å². The number of nitrogens with one attached hydrogen (secondary N) is 2. The van der Waals surface area contributed by atoms with E-state index in [0.29, 0.717) is 12.8 Å². The van der Waals surface area contributed by atoms with Crippen molar-refractivity contribution in [1.82, 2.24) is 15.3 Å². The zero-order valence-electron chi connectivity index (χ0n) is 10.6. The van der Waals surface area contributed by atoms with Crippen LogP contribution in [-0.4, -0.2) is 15.9 Å². The first kappa shape index (κ1) is 12.6. The Labute approximate surface area is 107 Å². The van der Waals surface area contributed by atoms with Gasteiger partial charge in [0.15, 0.2) is 0 Å². The largest absolute Gasteiger partial charge is 0.347 e. The predicted octanol–water partition coefficient (Wildman–Crippen LogP) is 2.06.